The van der Waals surface area contributed by atoms with E-state index in [1.54, 1.807) is 6.07 Å². The number of aromatic nitrogens is 1. The average Bonchev–Trinajstić information content (AvgIpc) is 3.21. The SMILES string of the molecule is CCCOc1cc(C(F)(F)F)nc2ccc(CN(CC3CNCC3C)c3ccc(Cl)cc3)cc12. The third-order valence-corrected chi connectivity index (χ3v) is 6.54. The first kappa shape index (κ1) is 24.6. The molecule has 2 aromatic carbocycles. The number of anilines is 1. The Morgan fingerprint density at radius 1 is 1.12 bits per heavy atom. The normalized spacial score (nSPS) is 18.4. The molecule has 8 heteroatoms. The molecular weight excluding hydrogens is 463 g/mol. The van der Waals surface area contributed by atoms with Crippen LogP contribution in [0, 0.1) is 11.8 Å². The van der Waals surface area contributed by atoms with Crippen molar-refractivity contribution < 1.29 is 17.9 Å². The van der Waals surface area contributed by atoms with Gasteiger partial charge in [0.2, 0.25) is 0 Å². The average molecular weight is 492 g/mol. The quantitative estimate of drug-likeness (QED) is 0.387. The van der Waals surface area contributed by atoms with Crippen molar-refractivity contribution in [3.8, 4) is 5.75 Å². The Balaban J connectivity index is 1.68. The Morgan fingerprint density at radius 2 is 1.88 bits per heavy atom. The van der Waals surface area contributed by atoms with Crippen LogP contribution in [0.3, 0.4) is 0 Å². The van der Waals surface area contributed by atoms with E-state index in [2.05, 4.69) is 22.1 Å². The topological polar surface area (TPSA) is 37.4 Å². The smallest absolute Gasteiger partial charge is 0.433 e. The molecule has 182 valence electrons. The molecule has 1 saturated heterocycles. The van der Waals surface area contributed by atoms with E-state index in [-0.39, 0.29) is 11.3 Å². The van der Waals surface area contributed by atoms with Crippen LogP contribution >= 0.6 is 11.6 Å². The molecule has 3 aromatic rings. The molecule has 4 rings (SSSR count). The maximum absolute atomic E-state index is 13.4. The summed E-state index contributed by atoms with van der Waals surface area (Å²) in [5.74, 6) is 1.27. The predicted octanol–water partition coefficient (Wildman–Crippen LogP) is 6.56. The molecule has 1 aliphatic rings. The van der Waals surface area contributed by atoms with Crippen LogP contribution in [0.5, 0.6) is 5.75 Å². The van der Waals surface area contributed by atoms with Crippen LogP contribution in [0.2, 0.25) is 5.02 Å². The van der Waals surface area contributed by atoms with Crippen molar-refractivity contribution in [1.82, 2.24) is 10.3 Å². The standard InChI is InChI=1S/C26H29ClF3N3O/c1-3-10-34-24-12-25(26(28,29)30)32-23-9-4-18(11-22(23)24)15-33(16-19-14-31-13-17(19)2)21-7-5-20(27)6-8-21/h4-9,11-12,17,19,31H,3,10,13-16H2,1-2H3. The summed E-state index contributed by atoms with van der Waals surface area (Å²) in [7, 11) is 0. The summed E-state index contributed by atoms with van der Waals surface area (Å²) < 4.78 is 45.8. The summed E-state index contributed by atoms with van der Waals surface area (Å²) in [6.45, 7) is 7.93. The van der Waals surface area contributed by atoms with Gasteiger partial charge in [0, 0.05) is 35.3 Å². The molecule has 0 spiro atoms. The molecule has 1 fully saturated rings. The minimum absolute atomic E-state index is 0.215. The van der Waals surface area contributed by atoms with Gasteiger partial charge in [0.05, 0.1) is 12.1 Å². The van der Waals surface area contributed by atoms with Crippen LogP contribution in [0.25, 0.3) is 10.9 Å². The Labute approximate surface area is 203 Å². The second-order valence-electron chi connectivity index (χ2n) is 8.96. The fraction of sp³-hybridized carbons (Fsp3) is 0.423. The second kappa shape index (κ2) is 10.4. The zero-order valence-corrected chi connectivity index (χ0v) is 20.1. The molecule has 34 heavy (non-hydrogen) atoms. The molecule has 1 aliphatic heterocycles. The Kier molecular flexibility index (Phi) is 7.53. The van der Waals surface area contributed by atoms with Crippen molar-refractivity contribution in [1.29, 1.82) is 0 Å². The molecule has 1 N–H and O–H groups in total. The van der Waals surface area contributed by atoms with Gasteiger partial charge in [-0.2, -0.15) is 13.2 Å². The molecule has 4 nitrogen and oxygen atoms in total. The number of pyridine rings is 1. The highest BCUT2D eigenvalue weighted by molar-refractivity contribution is 6.30. The van der Waals surface area contributed by atoms with Gasteiger partial charge in [-0.3, -0.25) is 0 Å². The predicted molar refractivity (Wildman–Crippen MR) is 131 cm³/mol. The fourth-order valence-electron chi connectivity index (χ4n) is 4.34. The van der Waals surface area contributed by atoms with Crippen LogP contribution in [-0.2, 0) is 12.7 Å². The summed E-state index contributed by atoms with van der Waals surface area (Å²) in [4.78, 5) is 6.16. The van der Waals surface area contributed by atoms with Gasteiger partial charge in [-0.1, -0.05) is 31.5 Å². The van der Waals surface area contributed by atoms with Gasteiger partial charge in [-0.25, -0.2) is 4.98 Å². The number of halogens is 4. The first-order valence-electron chi connectivity index (χ1n) is 11.6. The number of fused-ring (bicyclic) bond motifs is 1. The zero-order valence-electron chi connectivity index (χ0n) is 19.3. The first-order chi connectivity index (χ1) is 16.2. The van der Waals surface area contributed by atoms with Crippen LogP contribution in [0.4, 0.5) is 18.9 Å². The van der Waals surface area contributed by atoms with E-state index >= 15 is 0 Å². The van der Waals surface area contributed by atoms with Crippen LogP contribution in [0.15, 0.2) is 48.5 Å². The monoisotopic (exact) mass is 491 g/mol. The zero-order chi connectivity index (χ0) is 24.3. The van der Waals surface area contributed by atoms with E-state index in [0.717, 1.165) is 37.0 Å². The molecule has 1 aromatic heterocycles. The van der Waals surface area contributed by atoms with E-state index in [1.165, 1.54) is 0 Å². The minimum Gasteiger partial charge on any atom is -0.493 e. The van der Waals surface area contributed by atoms with Crippen molar-refractivity contribution in [2.45, 2.75) is 33.0 Å². The molecule has 0 saturated carbocycles. The van der Waals surface area contributed by atoms with Crippen LogP contribution < -0.4 is 15.0 Å². The summed E-state index contributed by atoms with van der Waals surface area (Å²) in [5, 5.41) is 4.72. The van der Waals surface area contributed by atoms with Gasteiger partial charge in [0.25, 0.3) is 0 Å². The fourth-order valence-corrected chi connectivity index (χ4v) is 4.47. The molecule has 0 bridgehead atoms. The van der Waals surface area contributed by atoms with Crippen molar-refractivity contribution in [2.75, 3.05) is 31.1 Å². The van der Waals surface area contributed by atoms with Gasteiger partial charge < -0.3 is 15.0 Å². The van der Waals surface area contributed by atoms with Gasteiger partial charge in [0.1, 0.15) is 11.4 Å². The number of nitrogens with zero attached hydrogens (tertiary/aromatic N) is 2. The van der Waals surface area contributed by atoms with Gasteiger partial charge >= 0.3 is 6.18 Å². The molecule has 0 radical (unpaired) electrons. The lowest BCUT2D eigenvalue weighted by Crippen LogP contribution is -2.32. The maximum atomic E-state index is 13.4. The Hall–Kier alpha value is -2.51. The molecule has 2 heterocycles. The largest absolute Gasteiger partial charge is 0.493 e. The molecule has 0 aliphatic carbocycles. The third-order valence-electron chi connectivity index (χ3n) is 6.28. The van der Waals surface area contributed by atoms with E-state index in [0.29, 0.717) is 41.8 Å². The molecule has 2 unspecified atom stereocenters. The highest BCUT2D eigenvalue weighted by Crippen LogP contribution is 2.35. The molecule has 2 atom stereocenters. The first-order valence-corrected chi connectivity index (χ1v) is 12.0. The summed E-state index contributed by atoms with van der Waals surface area (Å²) >= 11 is 6.11. The lowest BCUT2D eigenvalue weighted by Gasteiger charge is -2.29. The third kappa shape index (κ3) is 5.76. The van der Waals surface area contributed by atoms with Gasteiger partial charge in [-0.15, -0.1) is 0 Å². The number of benzene rings is 2. The summed E-state index contributed by atoms with van der Waals surface area (Å²) in [6, 6.07) is 14.2. The Bertz CT molecular complexity index is 1120. The van der Waals surface area contributed by atoms with Crippen molar-refractivity contribution in [2.24, 2.45) is 11.8 Å². The van der Waals surface area contributed by atoms with E-state index in [4.69, 9.17) is 16.3 Å². The molecule has 0 amide bonds. The van der Waals surface area contributed by atoms with Crippen molar-refractivity contribution in [3.63, 3.8) is 0 Å². The van der Waals surface area contributed by atoms with Crippen LogP contribution in [-0.4, -0.2) is 31.2 Å². The van der Waals surface area contributed by atoms with Gasteiger partial charge in [0.15, 0.2) is 0 Å². The number of hydrogen-bond acceptors (Lipinski definition) is 4. The number of hydrogen-bond donors (Lipinski definition) is 1. The highest BCUT2D eigenvalue weighted by Gasteiger charge is 2.34. The Morgan fingerprint density at radius 3 is 2.53 bits per heavy atom. The molecular formula is C26H29ClF3N3O. The number of alkyl halides is 3. The summed E-state index contributed by atoms with van der Waals surface area (Å²) in [5.41, 5.74) is 1.36. The van der Waals surface area contributed by atoms with E-state index in [1.807, 2.05) is 43.3 Å². The van der Waals surface area contributed by atoms with Crippen LogP contribution in [0.1, 0.15) is 31.5 Å². The second-order valence-corrected chi connectivity index (χ2v) is 9.39. The summed E-state index contributed by atoms with van der Waals surface area (Å²) in [6.07, 6.45) is -3.84. The number of rotatable bonds is 8. The van der Waals surface area contributed by atoms with Crippen molar-refractivity contribution in [3.05, 3.63) is 64.8 Å². The highest BCUT2D eigenvalue weighted by atomic mass is 35.5. The maximum Gasteiger partial charge on any atom is 0.433 e. The minimum atomic E-state index is -4.53. The lowest BCUT2D eigenvalue weighted by atomic mass is 9.97. The number of nitrogens with one attached hydrogen (secondary N) is 1. The lowest BCUT2D eigenvalue weighted by molar-refractivity contribution is -0.141. The number of ether oxygens (including phenoxy) is 1. The van der Waals surface area contributed by atoms with Crippen molar-refractivity contribution >= 4 is 28.2 Å². The van der Waals surface area contributed by atoms with E-state index in [9.17, 15) is 13.2 Å². The van der Waals surface area contributed by atoms with Gasteiger partial charge in [-0.05, 0) is 73.3 Å². The van der Waals surface area contributed by atoms with E-state index < -0.39 is 11.9 Å².